The molecule has 1 aliphatic heterocycles. The summed E-state index contributed by atoms with van der Waals surface area (Å²) in [4.78, 5) is 27.3. The number of hydrogen-bond donors (Lipinski definition) is 2. The average Bonchev–Trinajstić information content (AvgIpc) is 2.77. The van der Waals surface area contributed by atoms with E-state index >= 15 is 0 Å². The fourth-order valence-electron chi connectivity index (χ4n) is 3.64. The number of carbonyl (C=O) groups is 2. The molecule has 3 N–H and O–H groups in total. The topological polar surface area (TPSA) is 84.7 Å². The monoisotopic (exact) mass is 395 g/mol. The summed E-state index contributed by atoms with van der Waals surface area (Å²) in [6.07, 6.45) is 1.57. The zero-order valence-electron chi connectivity index (χ0n) is 16.9. The maximum atomic E-state index is 12.8. The third kappa shape index (κ3) is 5.02. The Balaban J connectivity index is 1.62. The smallest absolute Gasteiger partial charge is 0.232 e. The van der Waals surface area contributed by atoms with Crippen LogP contribution in [0.3, 0.4) is 0 Å². The molecule has 1 fully saturated rings. The number of para-hydroxylation sites is 1. The van der Waals surface area contributed by atoms with Gasteiger partial charge in [-0.05, 0) is 49.6 Å². The van der Waals surface area contributed by atoms with E-state index in [4.69, 9.17) is 10.5 Å². The summed E-state index contributed by atoms with van der Waals surface area (Å²) >= 11 is 0. The number of nitrogens with zero attached hydrogens (tertiary/aromatic N) is 1. The van der Waals surface area contributed by atoms with Crippen LogP contribution in [-0.2, 0) is 20.7 Å². The van der Waals surface area contributed by atoms with E-state index in [1.165, 1.54) is 0 Å². The standard InChI is InChI=1S/C23H29N3O3/c1-2-26(20-6-4-3-5-7-20)21(27)16-18-8-10-19(11-9-18)25-22(28)23(17-24)12-14-29-15-13-23/h3-11H,2,12-17,24H2,1H3,(H,25,28). The Hall–Kier alpha value is -2.70. The summed E-state index contributed by atoms with van der Waals surface area (Å²) in [5.74, 6) is -0.0202. The lowest BCUT2D eigenvalue weighted by molar-refractivity contribution is -0.130. The van der Waals surface area contributed by atoms with Crippen molar-refractivity contribution in [2.75, 3.05) is 36.5 Å². The highest BCUT2D eigenvalue weighted by Gasteiger charge is 2.38. The van der Waals surface area contributed by atoms with Gasteiger partial charge in [-0.2, -0.15) is 0 Å². The van der Waals surface area contributed by atoms with Gasteiger partial charge in [0.25, 0.3) is 0 Å². The van der Waals surface area contributed by atoms with Gasteiger partial charge >= 0.3 is 0 Å². The quantitative estimate of drug-likeness (QED) is 0.755. The lowest BCUT2D eigenvalue weighted by Gasteiger charge is -2.34. The summed E-state index contributed by atoms with van der Waals surface area (Å²) in [6, 6.07) is 17.1. The van der Waals surface area contributed by atoms with Crippen molar-refractivity contribution >= 4 is 23.2 Å². The number of likely N-dealkylation sites (N-methyl/N-ethyl adjacent to an activating group) is 1. The molecular formula is C23H29N3O3. The molecule has 2 aromatic carbocycles. The molecule has 0 saturated carbocycles. The summed E-state index contributed by atoms with van der Waals surface area (Å²) in [6.45, 7) is 4.00. The first kappa shape index (κ1) is 21.0. The maximum Gasteiger partial charge on any atom is 0.232 e. The van der Waals surface area contributed by atoms with Gasteiger partial charge in [-0.15, -0.1) is 0 Å². The number of carbonyl (C=O) groups excluding carboxylic acids is 2. The molecule has 0 spiro atoms. The van der Waals surface area contributed by atoms with E-state index in [0.717, 1.165) is 11.3 Å². The van der Waals surface area contributed by atoms with E-state index in [0.29, 0.717) is 51.3 Å². The molecule has 2 aromatic rings. The molecule has 0 bridgehead atoms. The Morgan fingerprint density at radius 1 is 1.07 bits per heavy atom. The van der Waals surface area contributed by atoms with Gasteiger partial charge in [-0.25, -0.2) is 0 Å². The van der Waals surface area contributed by atoms with Crippen LogP contribution < -0.4 is 16.0 Å². The van der Waals surface area contributed by atoms with Crippen molar-refractivity contribution in [3.63, 3.8) is 0 Å². The first-order chi connectivity index (χ1) is 14.1. The molecule has 6 heteroatoms. The van der Waals surface area contributed by atoms with Crippen LogP contribution in [-0.4, -0.2) is 38.1 Å². The van der Waals surface area contributed by atoms with Crippen LogP contribution in [0.2, 0.25) is 0 Å². The second-order valence-corrected chi connectivity index (χ2v) is 7.40. The van der Waals surface area contributed by atoms with Crippen molar-refractivity contribution in [3.8, 4) is 0 Å². The van der Waals surface area contributed by atoms with E-state index in [9.17, 15) is 9.59 Å². The second kappa shape index (κ2) is 9.67. The minimum absolute atomic E-state index is 0.0415. The van der Waals surface area contributed by atoms with Gasteiger partial charge in [0.1, 0.15) is 0 Å². The van der Waals surface area contributed by atoms with Gasteiger partial charge in [0.2, 0.25) is 11.8 Å². The Morgan fingerprint density at radius 3 is 2.31 bits per heavy atom. The Kier molecular flexibility index (Phi) is 7.01. The van der Waals surface area contributed by atoms with Crippen LogP contribution in [0.15, 0.2) is 54.6 Å². The third-order valence-corrected chi connectivity index (χ3v) is 5.57. The number of amides is 2. The van der Waals surface area contributed by atoms with E-state index in [-0.39, 0.29) is 11.8 Å². The van der Waals surface area contributed by atoms with E-state index in [2.05, 4.69) is 5.32 Å². The summed E-state index contributed by atoms with van der Waals surface area (Å²) in [5.41, 5.74) is 7.85. The van der Waals surface area contributed by atoms with Gasteiger partial charge in [0.15, 0.2) is 0 Å². The van der Waals surface area contributed by atoms with E-state index < -0.39 is 5.41 Å². The molecule has 0 radical (unpaired) electrons. The minimum atomic E-state index is -0.565. The highest BCUT2D eigenvalue weighted by molar-refractivity contribution is 5.96. The zero-order valence-corrected chi connectivity index (χ0v) is 16.9. The lowest BCUT2D eigenvalue weighted by atomic mass is 9.79. The molecule has 0 atom stereocenters. The largest absolute Gasteiger partial charge is 0.381 e. The number of ether oxygens (including phenoxy) is 1. The van der Waals surface area contributed by atoms with Crippen molar-refractivity contribution < 1.29 is 14.3 Å². The normalized spacial score (nSPS) is 15.5. The fourth-order valence-corrected chi connectivity index (χ4v) is 3.64. The molecule has 29 heavy (non-hydrogen) atoms. The highest BCUT2D eigenvalue weighted by atomic mass is 16.5. The fraction of sp³-hybridized carbons (Fsp3) is 0.391. The molecule has 6 nitrogen and oxygen atoms in total. The van der Waals surface area contributed by atoms with Crippen LogP contribution in [0.4, 0.5) is 11.4 Å². The summed E-state index contributed by atoms with van der Waals surface area (Å²) in [5, 5.41) is 2.97. The maximum absolute atomic E-state index is 12.8. The number of anilines is 2. The Labute approximate surface area is 172 Å². The summed E-state index contributed by atoms with van der Waals surface area (Å²) < 4.78 is 5.37. The van der Waals surface area contributed by atoms with Crippen molar-refractivity contribution in [3.05, 3.63) is 60.2 Å². The number of rotatable bonds is 7. The lowest BCUT2D eigenvalue weighted by Crippen LogP contribution is -2.46. The molecular weight excluding hydrogens is 366 g/mol. The number of nitrogens with one attached hydrogen (secondary N) is 1. The Morgan fingerprint density at radius 2 is 1.72 bits per heavy atom. The predicted molar refractivity (Wildman–Crippen MR) is 115 cm³/mol. The predicted octanol–water partition coefficient (Wildman–Crippen LogP) is 2.98. The number of hydrogen-bond acceptors (Lipinski definition) is 4. The first-order valence-corrected chi connectivity index (χ1v) is 10.1. The van der Waals surface area contributed by atoms with Crippen molar-refractivity contribution in [2.45, 2.75) is 26.2 Å². The third-order valence-electron chi connectivity index (χ3n) is 5.57. The molecule has 1 heterocycles. The van der Waals surface area contributed by atoms with E-state index in [1.807, 2.05) is 61.5 Å². The molecule has 0 aromatic heterocycles. The number of nitrogens with two attached hydrogens (primary N) is 1. The minimum Gasteiger partial charge on any atom is -0.381 e. The molecule has 0 unspecified atom stereocenters. The van der Waals surface area contributed by atoms with Crippen molar-refractivity contribution in [1.29, 1.82) is 0 Å². The molecule has 1 saturated heterocycles. The Bertz CT molecular complexity index is 815. The van der Waals surface area contributed by atoms with Gasteiger partial charge in [-0.1, -0.05) is 30.3 Å². The van der Waals surface area contributed by atoms with Gasteiger partial charge < -0.3 is 20.7 Å². The SMILES string of the molecule is CCN(C(=O)Cc1ccc(NC(=O)C2(CN)CCOCC2)cc1)c1ccccc1. The molecule has 3 rings (SSSR count). The first-order valence-electron chi connectivity index (χ1n) is 10.1. The van der Waals surface area contributed by atoms with Crippen LogP contribution in [0.5, 0.6) is 0 Å². The average molecular weight is 396 g/mol. The summed E-state index contributed by atoms with van der Waals surface area (Å²) in [7, 11) is 0. The molecule has 0 aliphatic carbocycles. The van der Waals surface area contributed by atoms with Gasteiger partial charge in [0.05, 0.1) is 11.8 Å². The van der Waals surface area contributed by atoms with Gasteiger partial charge in [-0.3, -0.25) is 9.59 Å². The van der Waals surface area contributed by atoms with Crippen LogP contribution in [0.1, 0.15) is 25.3 Å². The second-order valence-electron chi connectivity index (χ2n) is 7.40. The van der Waals surface area contributed by atoms with Crippen LogP contribution in [0, 0.1) is 5.41 Å². The van der Waals surface area contributed by atoms with E-state index in [1.54, 1.807) is 4.90 Å². The van der Waals surface area contributed by atoms with Crippen molar-refractivity contribution in [2.24, 2.45) is 11.1 Å². The molecule has 154 valence electrons. The van der Waals surface area contributed by atoms with Crippen LogP contribution in [0.25, 0.3) is 0 Å². The van der Waals surface area contributed by atoms with Crippen molar-refractivity contribution in [1.82, 2.24) is 0 Å². The molecule has 1 aliphatic rings. The van der Waals surface area contributed by atoms with Crippen LogP contribution >= 0.6 is 0 Å². The molecule has 2 amide bonds. The van der Waals surface area contributed by atoms with Gasteiger partial charge in [0, 0.05) is 37.7 Å². The number of benzene rings is 2. The zero-order chi connectivity index (χ0) is 20.7. The highest BCUT2D eigenvalue weighted by Crippen LogP contribution is 2.31.